The monoisotopic (exact) mass is 386 g/mol. The zero-order chi connectivity index (χ0) is 19.4. The smallest absolute Gasteiger partial charge is 0.339 e. The Morgan fingerprint density at radius 2 is 1.85 bits per heavy atom. The molecule has 2 aromatic rings. The summed E-state index contributed by atoms with van der Waals surface area (Å²) in [5.74, 6) is -1.20. The maximum Gasteiger partial charge on any atom is 0.339 e. The average Bonchev–Trinajstić information content (AvgIpc) is 2.70. The first-order valence-electron chi connectivity index (χ1n) is 8.35. The van der Waals surface area contributed by atoms with Gasteiger partial charge in [0.05, 0.1) is 32.6 Å². The summed E-state index contributed by atoms with van der Waals surface area (Å²) in [5, 5.41) is 2.69. The SMILES string of the molecule is CC[S@@](=O)c1ccccc1C(=O)OCC(=O)N1CC(=O)Nc2ccccc21. The van der Waals surface area contributed by atoms with Gasteiger partial charge in [0.15, 0.2) is 6.61 Å². The lowest BCUT2D eigenvalue weighted by Gasteiger charge is -2.28. The van der Waals surface area contributed by atoms with E-state index in [0.29, 0.717) is 22.0 Å². The molecule has 27 heavy (non-hydrogen) atoms. The zero-order valence-corrected chi connectivity index (χ0v) is 15.5. The molecular weight excluding hydrogens is 368 g/mol. The largest absolute Gasteiger partial charge is 0.452 e. The highest BCUT2D eigenvalue weighted by Crippen LogP contribution is 2.28. The summed E-state index contributed by atoms with van der Waals surface area (Å²) in [6.07, 6.45) is 0. The fraction of sp³-hybridized carbons (Fsp3) is 0.211. The number of esters is 1. The van der Waals surface area contributed by atoms with Gasteiger partial charge in [0.2, 0.25) is 5.91 Å². The number of benzene rings is 2. The van der Waals surface area contributed by atoms with Gasteiger partial charge in [-0.05, 0) is 24.3 Å². The van der Waals surface area contributed by atoms with Crippen molar-refractivity contribution in [3.05, 3.63) is 54.1 Å². The van der Waals surface area contributed by atoms with Gasteiger partial charge in [0, 0.05) is 5.75 Å². The number of para-hydroxylation sites is 2. The van der Waals surface area contributed by atoms with Crippen LogP contribution in [-0.4, -0.2) is 40.9 Å². The summed E-state index contributed by atoms with van der Waals surface area (Å²) < 4.78 is 17.2. The molecule has 0 radical (unpaired) electrons. The average molecular weight is 386 g/mol. The molecule has 0 spiro atoms. The van der Waals surface area contributed by atoms with Gasteiger partial charge >= 0.3 is 5.97 Å². The van der Waals surface area contributed by atoms with Gasteiger partial charge in [-0.15, -0.1) is 0 Å². The van der Waals surface area contributed by atoms with Crippen molar-refractivity contribution in [2.75, 3.05) is 29.1 Å². The first-order chi connectivity index (χ1) is 13.0. The van der Waals surface area contributed by atoms with Crippen LogP contribution >= 0.6 is 0 Å². The topological polar surface area (TPSA) is 92.8 Å². The number of rotatable bonds is 5. The number of carbonyl (C=O) groups is 3. The van der Waals surface area contributed by atoms with E-state index < -0.39 is 29.3 Å². The summed E-state index contributed by atoms with van der Waals surface area (Å²) >= 11 is 0. The van der Waals surface area contributed by atoms with Crippen LogP contribution in [0, 0.1) is 0 Å². The second kappa shape index (κ2) is 8.13. The Kier molecular flexibility index (Phi) is 5.66. The third-order valence-corrected chi connectivity index (χ3v) is 5.38. The van der Waals surface area contributed by atoms with Gasteiger partial charge in [0.1, 0.15) is 6.54 Å². The maximum absolute atomic E-state index is 12.5. The zero-order valence-electron chi connectivity index (χ0n) is 14.6. The van der Waals surface area contributed by atoms with Crippen molar-refractivity contribution in [1.82, 2.24) is 0 Å². The highest BCUT2D eigenvalue weighted by Gasteiger charge is 2.27. The van der Waals surface area contributed by atoms with Crippen LogP contribution in [0.15, 0.2) is 53.4 Å². The summed E-state index contributed by atoms with van der Waals surface area (Å²) in [5.41, 5.74) is 1.24. The molecule has 7 nitrogen and oxygen atoms in total. The number of fused-ring (bicyclic) bond motifs is 1. The van der Waals surface area contributed by atoms with Crippen LogP contribution in [-0.2, 0) is 25.1 Å². The molecule has 0 fully saturated rings. The quantitative estimate of drug-likeness (QED) is 0.793. The Bertz CT molecular complexity index is 928. The molecule has 2 amide bonds. The number of carbonyl (C=O) groups excluding carboxylic acids is 3. The standard InChI is InChI=1S/C19H18N2O5S/c1-2-27(25)16-10-6-3-7-13(16)19(24)26-12-18(23)21-11-17(22)20-14-8-4-5-9-15(14)21/h3-10H,2,11-12H2,1H3,(H,20,22)/t27-/m1/s1. The van der Waals surface area contributed by atoms with Crippen molar-refractivity contribution in [2.45, 2.75) is 11.8 Å². The highest BCUT2D eigenvalue weighted by molar-refractivity contribution is 7.85. The molecule has 1 heterocycles. The number of anilines is 2. The lowest BCUT2D eigenvalue weighted by molar-refractivity contribution is -0.124. The normalized spacial score (nSPS) is 14.1. The summed E-state index contributed by atoms with van der Waals surface area (Å²) in [6.45, 7) is 1.08. The number of hydrogen-bond donors (Lipinski definition) is 1. The minimum atomic E-state index is -1.32. The predicted octanol–water partition coefficient (Wildman–Crippen LogP) is 1.96. The Hall–Kier alpha value is -3.00. The van der Waals surface area contributed by atoms with Gasteiger partial charge in [0.25, 0.3) is 5.91 Å². The van der Waals surface area contributed by atoms with Crippen LogP contribution in [0.25, 0.3) is 0 Å². The van der Waals surface area contributed by atoms with Crippen LogP contribution in [0.5, 0.6) is 0 Å². The molecule has 1 atom stereocenters. The van der Waals surface area contributed by atoms with Crippen LogP contribution in [0.4, 0.5) is 11.4 Å². The molecule has 0 aromatic heterocycles. The van der Waals surface area contributed by atoms with Crippen LogP contribution < -0.4 is 10.2 Å². The van der Waals surface area contributed by atoms with Gasteiger partial charge < -0.3 is 10.1 Å². The highest BCUT2D eigenvalue weighted by atomic mass is 32.2. The van der Waals surface area contributed by atoms with Gasteiger partial charge in [-0.25, -0.2) is 4.79 Å². The molecule has 8 heteroatoms. The predicted molar refractivity (Wildman–Crippen MR) is 101 cm³/mol. The lowest BCUT2D eigenvalue weighted by Crippen LogP contribution is -2.44. The van der Waals surface area contributed by atoms with E-state index in [1.165, 1.54) is 11.0 Å². The first-order valence-corrected chi connectivity index (χ1v) is 9.67. The molecule has 1 aliphatic heterocycles. The van der Waals surface area contributed by atoms with E-state index in [9.17, 15) is 18.6 Å². The number of nitrogens with one attached hydrogen (secondary N) is 1. The third kappa shape index (κ3) is 4.06. The molecule has 0 saturated carbocycles. The van der Waals surface area contributed by atoms with Crippen LogP contribution in [0.1, 0.15) is 17.3 Å². The Labute approximate surface area is 158 Å². The number of ether oxygens (including phenoxy) is 1. The van der Waals surface area contributed by atoms with Crippen LogP contribution in [0.3, 0.4) is 0 Å². The summed E-state index contributed by atoms with van der Waals surface area (Å²) in [7, 11) is -1.32. The molecule has 0 saturated heterocycles. The van der Waals surface area contributed by atoms with Crippen molar-refractivity contribution < 1.29 is 23.3 Å². The Morgan fingerprint density at radius 3 is 2.63 bits per heavy atom. The third-order valence-electron chi connectivity index (χ3n) is 4.01. The van der Waals surface area contributed by atoms with Crippen molar-refractivity contribution in [3.63, 3.8) is 0 Å². The van der Waals surface area contributed by atoms with E-state index in [-0.39, 0.29) is 18.0 Å². The van der Waals surface area contributed by atoms with E-state index in [1.807, 2.05) is 0 Å². The second-order valence-electron chi connectivity index (χ2n) is 5.75. The van der Waals surface area contributed by atoms with Crippen molar-refractivity contribution in [2.24, 2.45) is 0 Å². The molecule has 1 N–H and O–H groups in total. The minimum absolute atomic E-state index is 0.149. The van der Waals surface area contributed by atoms with Crippen molar-refractivity contribution in [1.29, 1.82) is 0 Å². The minimum Gasteiger partial charge on any atom is -0.452 e. The number of nitrogens with zero attached hydrogens (tertiary/aromatic N) is 1. The van der Waals surface area contributed by atoms with Crippen molar-refractivity contribution in [3.8, 4) is 0 Å². The second-order valence-corrected chi connectivity index (χ2v) is 7.46. The van der Waals surface area contributed by atoms with E-state index in [2.05, 4.69) is 5.32 Å². The molecule has 0 unspecified atom stereocenters. The number of hydrogen-bond acceptors (Lipinski definition) is 5. The molecule has 140 valence electrons. The molecular formula is C19H18N2O5S. The molecule has 1 aliphatic rings. The maximum atomic E-state index is 12.5. The fourth-order valence-electron chi connectivity index (χ4n) is 2.73. The lowest BCUT2D eigenvalue weighted by atomic mass is 10.2. The molecule has 3 rings (SSSR count). The van der Waals surface area contributed by atoms with E-state index in [0.717, 1.165) is 0 Å². The van der Waals surface area contributed by atoms with E-state index >= 15 is 0 Å². The van der Waals surface area contributed by atoms with Crippen LogP contribution in [0.2, 0.25) is 0 Å². The van der Waals surface area contributed by atoms with E-state index in [1.54, 1.807) is 49.4 Å². The van der Waals surface area contributed by atoms with Gasteiger partial charge in [-0.1, -0.05) is 31.2 Å². The Balaban J connectivity index is 1.73. The molecule has 2 aromatic carbocycles. The summed E-state index contributed by atoms with van der Waals surface area (Å²) in [6, 6.07) is 13.3. The number of amides is 2. The first kappa shape index (κ1) is 18.8. The van der Waals surface area contributed by atoms with Gasteiger partial charge in [-0.2, -0.15) is 0 Å². The van der Waals surface area contributed by atoms with Gasteiger partial charge in [-0.3, -0.25) is 18.7 Å². The fourth-order valence-corrected chi connectivity index (χ4v) is 3.67. The van der Waals surface area contributed by atoms with Crippen molar-refractivity contribution >= 4 is 40.0 Å². The Morgan fingerprint density at radius 1 is 1.15 bits per heavy atom. The molecule has 0 bridgehead atoms. The summed E-state index contributed by atoms with van der Waals surface area (Å²) in [4.78, 5) is 38.4. The van der Waals surface area contributed by atoms with E-state index in [4.69, 9.17) is 4.74 Å². The molecule has 0 aliphatic carbocycles.